The molecule has 2 aromatic heterocycles. The maximum atomic E-state index is 4.48. The molecule has 0 aliphatic carbocycles. The van der Waals surface area contributed by atoms with Crippen molar-refractivity contribution in [2.24, 2.45) is 0 Å². The first kappa shape index (κ1) is 13.8. The maximum absolute atomic E-state index is 4.48. The second-order valence-corrected chi connectivity index (χ2v) is 5.16. The van der Waals surface area contributed by atoms with Gasteiger partial charge in [0.15, 0.2) is 5.82 Å². The molecule has 0 saturated heterocycles. The van der Waals surface area contributed by atoms with Crippen LogP contribution in [0, 0.1) is 6.92 Å². The Morgan fingerprint density at radius 2 is 2.11 bits per heavy atom. The monoisotopic (exact) mass is 260 g/mol. The van der Waals surface area contributed by atoms with Gasteiger partial charge in [-0.1, -0.05) is 33.1 Å². The summed E-state index contributed by atoms with van der Waals surface area (Å²) in [5, 5.41) is 8.03. The molecule has 1 unspecified atom stereocenters. The van der Waals surface area contributed by atoms with Crippen LogP contribution in [0.2, 0.25) is 0 Å². The molecule has 0 spiro atoms. The normalized spacial score (nSPS) is 12.8. The van der Waals surface area contributed by atoms with Crippen LogP contribution >= 0.6 is 0 Å². The summed E-state index contributed by atoms with van der Waals surface area (Å²) >= 11 is 0. The van der Waals surface area contributed by atoms with Crippen LogP contribution in [-0.4, -0.2) is 20.6 Å². The molecule has 0 aromatic carbocycles. The van der Waals surface area contributed by atoms with E-state index in [0.717, 1.165) is 17.0 Å². The molecule has 104 valence electrons. The Hall–Kier alpha value is -1.58. The van der Waals surface area contributed by atoms with Crippen molar-refractivity contribution in [3.63, 3.8) is 0 Å². The smallest absolute Gasteiger partial charge is 0.152 e. The van der Waals surface area contributed by atoms with Gasteiger partial charge in [-0.25, -0.2) is 9.50 Å². The number of unbranched alkanes of at least 4 members (excludes halogenated alkanes) is 1. The van der Waals surface area contributed by atoms with Gasteiger partial charge in [-0.05, 0) is 25.8 Å². The fourth-order valence-corrected chi connectivity index (χ4v) is 2.44. The molecule has 2 heterocycles. The molecule has 4 nitrogen and oxygen atoms in total. The van der Waals surface area contributed by atoms with Gasteiger partial charge in [-0.2, -0.15) is 5.10 Å². The van der Waals surface area contributed by atoms with Crippen molar-refractivity contribution in [2.75, 3.05) is 5.32 Å². The van der Waals surface area contributed by atoms with Crippen molar-refractivity contribution in [3.8, 4) is 0 Å². The lowest BCUT2D eigenvalue weighted by Crippen LogP contribution is -2.20. The fraction of sp³-hybridized carbons (Fsp3) is 0.600. The Labute approximate surface area is 115 Å². The van der Waals surface area contributed by atoms with Gasteiger partial charge in [0.1, 0.15) is 5.52 Å². The first-order chi connectivity index (χ1) is 9.24. The second kappa shape index (κ2) is 6.55. The highest BCUT2D eigenvalue weighted by Crippen LogP contribution is 2.18. The molecule has 1 atom stereocenters. The van der Waals surface area contributed by atoms with Gasteiger partial charge in [0.25, 0.3) is 0 Å². The molecule has 0 amide bonds. The molecule has 0 fully saturated rings. The summed E-state index contributed by atoms with van der Waals surface area (Å²) < 4.78 is 1.90. The first-order valence-electron chi connectivity index (χ1n) is 7.32. The molecule has 0 saturated carbocycles. The van der Waals surface area contributed by atoms with Crippen LogP contribution in [0.5, 0.6) is 0 Å². The Bertz CT molecular complexity index is 518. The number of aryl methyl sites for hydroxylation is 1. The third-order valence-corrected chi connectivity index (χ3v) is 3.40. The summed E-state index contributed by atoms with van der Waals surface area (Å²) in [6.07, 6.45) is 9.81. The first-order valence-corrected chi connectivity index (χ1v) is 7.32. The maximum Gasteiger partial charge on any atom is 0.152 e. The van der Waals surface area contributed by atoms with E-state index in [1.165, 1.54) is 32.1 Å². The quantitative estimate of drug-likeness (QED) is 0.823. The van der Waals surface area contributed by atoms with E-state index in [1.807, 2.05) is 23.8 Å². The average Bonchev–Trinajstić information content (AvgIpc) is 2.77. The number of hydrogen-bond acceptors (Lipinski definition) is 3. The molecular formula is C15H24N4. The van der Waals surface area contributed by atoms with E-state index in [2.05, 4.69) is 35.3 Å². The molecule has 4 heteroatoms. The van der Waals surface area contributed by atoms with Crippen LogP contribution in [0.3, 0.4) is 0 Å². The summed E-state index contributed by atoms with van der Waals surface area (Å²) in [5.74, 6) is 0.956. The van der Waals surface area contributed by atoms with Gasteiger partial charge in [0, 0.05) is 18.4 Å². The lowest BCUT2D eigenvalue weighted by atomic mass is 10.1. The van der Waals surface area contributed by atoms with E-state index >= 15 is 0 Å². The lowest BCUT2D eigenvalue weighted by molar-refractivity contribution is 0.563. The van der Waals surface area contributed by atoms with Crippen LogP contribution in [0.1, 0.15) is 51.6 Å². The molecule has 0 aliphatic heterocycles. The fourth-order valence-electron chi connectivity index (χ4n) is 2.44. The molecule has 0 radical (unpaired) electrons. The molecule has 0 bridgehead atoms. The Kier molecular flexibility index (Phi) is 4.77. The van der Waals surface area contributed by atoms with E-state index in [4.69, 9.17) is 0 Å². The van der Waals surface area contributed by atoms with Crippen molar-refractivity contribution < 1.29 is 0 Å². The summed E-state index contributed by atoms with van der Waals surface area (Å²) in [5.41, 5.74) is 2.09. The lowest BCUT2D eigenvalue weighted by Gasteiger charge is -2.18. The standard InChI is InChI=1S/C15H24N4/c1-4-6-8-13(7-5-2)17-15-14-11-12(3)18-19(14)10-9-16-15/h9-11,13H,4-8H2,1-3H3,(H,16,17). The minimum atomic E-state index is 0.513. The van der Waals surface area contributed by atoms with Crippen molar-refractivity contribution >= 4 is 11.3 Å². The third-order valence-electron chi connectivity index (χ3n) is 3.40. The SMILES string of the molecule is CCCCC(CCC)Nc1nccn2nc(C)cc12. The van der Waals surface area contributed by atoms with Crippen LogP contribution in [0.4, 0.5) is 5.82 Å². The molecule has 1 N–H and O–H groups in total. The number of anilines is 1. The van der Waals surface area contributed by atoms with Crippen LogP contribution in [0.25, 0.3) is 5.52 Å². The highest BCUT2D eigenvalue weighted by molar-refractivity contribution is 5.67. The number of rotatable bonds is 7. The topological polar surface area (TPSA) is 42.2 Å². The van der Waals surface area contributed by atoms with Gasteiger partial charge in [-0.3, -0.25) is 0 Å². The third kappa shape index (κ3) is 3.46. The van der Waals surface area contributed by atoms with Crippen molar-refractivity contribution in [1.82, 2.24) is 14.6 Å². The largest absolute Gasteiger partial charge is 0.366 e. The Balaban J connectivity index is 2.17. The van der Waals surface area contributed by atoms with Gasteiger partial charge >= 0.3 is 0 Å². The molecule has 19 heavy (non-hydrogen) atoms. The predicted octanol–water partition coefficient (Wildman–Crippen LogP) is 3.81. The van der Waals surface area contributed by atoms with E-state index in [0.29, 0.717) is 6.04 Å². The highest BCUT2D eigenvalue weighted by Gasteiger charge is 2.11. The number of nitrogens with zero attached hydrogens (tertiary/aromatic N) is 3. The summed E-state index contributed by atoms with van der Waals surface area (Å²) in [6, 6.07) is 2.59. The predicted molar refractivity (Wildman–Crippen MR) is 79.6 cm³/mol. The average molecular weight is 260 g/mol. The van der Waals surface area contributed by atoms with Crippen LogP contribution in [-0.2, 0) is 0 Å². The summed E-state index contributed by atoms with van der Waals surface area (Å²) in [7, 11) is 0. The number of hydrogen-bond donors (Lipinski definition) is 1. The van der Waals surface area contributed by atoms with E-state index in [1.54, 1.807) is 0 Å². The van der Waals surface area contributed by atoms with Crippen molar-refractivity contribution in [1.29, 1.82) is 0 Å². The molecule has 2 aromatic rings. The minimum absolute atomic E-state index is 0.513. The highest BCUT2D eigenvalue weighted by atomic mass is 15.2. The number of nitrogens with one attached hydrogen (secondary N) is 1. The van der Waals surface area contributed by atoms with E-state index in [-0.39, 0.29) is 0 Å². The Morgan fingerprint density at radius 3 is 2.84 bits per heavy atom. The van der Waals surface area contributed by atoms with Gasteiger partial charge in [0.2, 0.25) is 0 Å². The zero-order valence-corrected chi connectivity index (χ0v) is 12.2. The van der Waals surface area contributed by atoms with Gasteiger partial charge in [0.05, 0.1) is 5.69 Å². The zero-order valence-electron chi connectivity index (χ0n) is 12.2. The van der Waals surface area contributed by atoms with Crippen LogP contribution in [0.15, 0.2) is 18.5 Å². The minimum Gasteiger partial charge on any atom is -0.366 e. The summed E-state index contributed by atoms with van der Waals surface area (Å²) in [6.45, 7) is 6.48. The van der Waals surface area contributed by atoms with Crippen LogP contribution < -0.4 is 5.32 Å². The zero-order chi connectivity index (χ0) is 13.7. The van der Waals surface area contributed by atoms with Gasteiger partial charge in [-0.15, -0.1) is 0 Å². The van der Waals surface area contributed by atoms with Crippen molar-refractivity contribution in [3.05, 3.63) is 24.2 Å². The summed E-state index contributed by atoms with van der Waals surface area (Å²) in [4.78, 5) is 4.48. The molecule has 2 rings (SSSR count). The van der Waals surface area contributed by atoms with E-state index < -0.39 is 0 Å². The number of aromatic nitrogens is 3. The second-order valence-electron chi connectivity index (χ2n) is 5.16. The van der Waals surface area contributed by atoms with E-state index in [9.17, 15) is 0 Å². The van der Waals surface area contributed by atoms with Crippen molar-refractivity contribution in [2.45, 2.75) is 58.9 Å². The molecule has 0 aliphatic rings. The number of fused-ring (bicyclic) bond motifs is 1. The molecular weight excluding hydrogens is 236 g/mol. The Morgan fingerprint density at radius 1 is 1.26 bits per heavy atom. The van der Waals surface area contributed by atoms with Gasteiger partial charge < -0.3 is 5.32 Å².